The lowest BCUT2D eigenvalue weighted by Crippen LogP contribution is -2.58. The number of amides is 5. The van der Waals surface area contributed by atoms with Crippen LogP contribution < -0.4 is 36.6 Å². The minimum Gasteiger partial charge on any atom is -0.489 e. The fourth-order valence-electron chi connectivity index (χ4n) is 9.24. The molecule has 2 fully saturated rings. The molecule has 0 radical (unpaired) electrons. The second kappa shape index (κ2) is 22.3. The molecule has 3 aromatic carbocycles. The molecule has 0 aromatic heterocycles. The van der Waals surface area contributed by atoms with Gasteiger partial charge in [-0.25, -0.2) is 0 Å². The van der Waals surface area contributed by atoms with Gasteiger partial charge in [0, 0.05) is 24.1 Å². The molecule has 3 unspecified atom stereocenters. The van der Waals surface area contributed by atoms with E-state index < -0.39 is 29.6 Å². The maximum Gasteiger partial charge on any atom is 0.251 e. The van der Waals surface area contributed by atoms with E-state index in [4.69, 9.17) is 4.74 Å². The Balaban J connectivity index is 1.08. The van der Waals surface area contributed by atoms with Crippen LogP contribution in [0.3, 0.4) is 0 Å². The molecule has 6 rings (SSSR count). The van der Waals surface area contributed by atoms with Crippen molar-refractivity contribution in [1.29, 1.82) is 0 Å². The molecule has 1 heterocycles. The summed E-state index contributed by atoms with van der Waals surface area (Å²) in [6.45, 7) is 6.16. The molecule has 64 heavy (non-hydrogen) atoms. The fourth-order valence-corrected chi connectivity index (χ4v) is 9.24. The topological polar surface area (TPSA) is 187 Å². The van der Waals surface area contributed by atoms with Crippen molar-refractivity contribution in [3.63, 3.8) is 0 Å². The Morgan fingerprint density at radius 1 is 0.750 bits per heavy atom. The molecule has 5 atom stereocenters. The van der Waals surface area contributed by atoms with E-state index in [0.717, 1.165) is 68.1 Å². The van der Waals surface area contributed by atoms with Gasteiger partial charge in [0.05, 0.1) is 25.2 Å². The number of ketones is 1. The van der Waals surface area contributed by atoms with Crippen LogP contribution in [0, 0.1) is 11.3 Å². The molecule has 3 aliphatic rings. The summed E-state index contributed by atoms with van der Waals surface area (Å²) >= 11 is 0. The molecule has 3 aromatic rings. The van der Waals surface area contributed by atoms with Gasteiger partial charge in [-0.05, 0) is 111 Å². The van der Waals surface area contributed by atoms with E-state index in [9.17, 15) is 28.8 Å². The number of hydrogen-bond donors (Lipinski definition) is 6. The average Bonchev–Trinajstić information content (AvgIpc) is 3.71. The predicted octanol–water partition coefficient (Wildman–Crippen LogP) is 4.31. The number of nitrogens with one attached hydrogen (secondary N) is 6. The Labute approximate surface area is 377 Å². The molecule has 6 N–H and O–H groups in total. The van der Waals surface area contributed by atoms with Crippen LogP contribution in [0.1, 0.15) is 111 Å². The quantitative estimate of drug-likeness (QED) is 0.108. The van der Waals surface area contributed by atoms with Crippen molar-refractivity contribution in [2.75, 3.05) is 33.7 Å². The van der Waals surface area contributed by atoms with Gasteiger partial charge in [0.2, 0.25) is 23.6 Å². The third-order valence-electron chi connectivity index (χ3n) is 12.7. The third-order valence-corrected chi connectivity index (χ3v) is 12.7. The molecule has 0 bridgehead atoms. The standard InChI is InChI=1S/C50H67N7O7/c1-50(2,3)46(56-44(59)29-52-5)49(63)57-30-37(27-42(57)48(62)55-40-17-11-15-34-12-9-10-16-39(34)40)53-47(61)36-22-18-33(19-23-36)31-64-38-24-20-32(21-25-38)26-41(54-43(58)28-51-4)45(60)35-13-7-6-8-14-35/h9-10,12,16,18-25,35,37,40-42,46,51-52H,6-8,11,13-15,17,26-31H2,1-5H3,(H,53,61)(H,54,58)(H,55,62)(H,56,59)/t37-,40?,41?,42-,46?/m0/s1. The molecule has 14 nitrogen and oxygen atoms in total. The zero-order valence-corrected chi connectivity index (χ0v) is 38.1. The van der Waals surface area contributed by atoms with Gasteiger partial charge < -0.3 is 41.5 Å². The molecule has 5 amide bonds. The summed E-state index contributed by atoms with van der Waals surface area (Å²) in [4.78, 5) is 82.5. The zero-order chi connectivity index (χ0) is 45.8. The number of carbonyl (C=O) groups is 6. The number of benzene rings is 3. The normalized spacial score (nSPS) is 19.7. The number of Topliss-reactive ketones (excluding diaryl/α,β-unsaturated/α-hetero) is 1. The van der Waals surface area contributed by atoms with Crippen molar-refractivity contribution in [1.82, 2.24) is 36.8 Å². The van der Waals surface area contributed by atoms with Gasteiger partial charge in [0.25, 0.3) is 5.91 Å². The van der Waals surface area contributed by atoms with Crippen molar-refractivity contribution in [3.8, 4) is 5.75 Å². The monoisotopic (exact) mass is 878 g/mol. The predicted molar refractivity (Wildman–Crippen MR) is 245 cm³/mol. The van der Waals surface area contributed by atoms with Crippen molar-refractivity contribution in [3.05, 3.63) is 101 Å². The smallest absolute Gasteiger partial charge is 0.251 e. The molecule has 14 heteroatoms. The number of ether oxygens (including phenoxy) is 1. The molecule has 1 aliphatic heterocycles. The highest BCUT2D eigenvalue weighted by atomic mass is 16.5. The van der Waals surface area contributed by atoms with Gasteiger partial charge in [0.1, 0.15) is 24.4 Å². The minimum atomic E-state index is -0.905. The van der Waals surface area contributed by atoms with E-state index >= 15 is 0 Å². The van der Waals surface area contributed by atoms with Gasteiger partial charge in [-0.3, -0.25) is 28.8 Å². The molecule has 2 aliphatic carbocycles. The number of nitrogens with zero attached hydrogens (tertiary/aromatic N) is 1. The molecule has 344 valence electrons. The van der Waals surface area contributed by atoms with Crippen LogP contribution in [-0.4, -0.2) is 98.1 Å². The SMILES string of the molecule is CNCC(=O)NC(Cc1ccc(OCc2ccc(C(=O)N[C@H]3C[C@@H](C(=O)NC4CCCc5ccccc54)N(C(=O)C(NC(=O)CNC)C(C)(C)C)C3)cc2)cc1)C(=O)C1CCCCC1. The van der Waals surface area contributed by atoms with Crippen LogP contribution in [0.25, 0.3) is 0 Å². The van der Waals surface area contributed by atoms with Crippen molar-refractivity contribution in [2.24, 2.45) is 11.3 Å². The number of aryl methyl sites for hydroxylation is 1. The van der Waals surface area contributed by atoms with Gasteiger partial charge in [0.15, 0.2) is 5.78 Å². The molecule has 0 spiro atoms. The van der Waals surface area contributed by atoms with E-state index in [1.165, 1.54) is 10.5 Å². The van der Waals surface area contributed by atoms with Gasteiger partial charge in [-0.2, -0.15) is 0 Å². The van der Waals surface area contributed by atoms with Crippen molar-refractivity contribution >= 4 is 35.3 Å². The Morgan fingerprint density at radius 3 is 2.08 bits per heavy atom. The minimum absolute atomic E-state index is 0.0232. The van der Waals surface area contributed by atoms with E-state index in [-0.39, 0.29) is 79.9 Å². The average molecular weight is 878 g/mol. The summed E-state index contributed by atoms with van der Waals surface area (Å²) in [6, 6.07) is 19.7. The van der Waals surface area contributed by atoms with Gasteiger partial charge >= 0.3 is 0 Å². The van der Waals surface area contributed by atoms with Crippen LogP contribution in [0.5, 0.6) is 5.75 Å². The number of rotatable bonds is 18. The Morgan fingerprint density at radius 2 is 1.41 bits per heavy atom. The van der Waals surface area contributed by atoms with Crippen LogP contribution in [0.15, 0.2) is 72.8 Å². The Bertz CT molecular complexity index is 2100. The third kappa shape index (κ3) is 12.8. The lowest BCUT2D eigenvalue weighted by atomic mass is 9.82. The number of likely N-dealkylation sites (N-methyl/N-ethyl adjacent to an activating group) is 2. The first-order chi connectivity index (χ1) is 30.7. The van der Waals surface area contributed by atoms with Gasteiger partial charge in [-0.1, -0.05) is 88.6 Å². The highest BCUT2D eigenvalue weighted by molar-refractivity contribution is 5.96. The maximum absolute atomic E-state index is 14.4. The summed E-state index contributed by atoms with van der Waals surface area (Å²) in [5.41, 5.74) is 3.81. The molecular weight excluding hydrogens is 811 g/mol. The van der Waals surface area contributed by atoms with Crippen molar-refractivity contribution in [2.45, 2.75) is 122 Å². The highest BCUT2D eigenvalue weighted by Gasteiger charge is 2.46. The van der Waals surface area contributed by atoms with E-state index in [2.05, 4.69) is 38.0 Å². The first-order valence-electron chi connectivity index (χ1n) is 23.0. The number of hydrogen-bond acceptors (Lipinski definition) is 9. The summed E-state index contributed by atoms with van der Waals surface area (Å²) in [5.74, 6) is -0.812. The largest absolute Gasteiger partial charge is 0.489 e. The molecular formula is C50H67N7O7. The Kier molecular flexibility index (Phi) is 16.7. The second-order valence-corrected chi connectivity index (χ2v) is 18.7. The summed E-state index contributed by atoms with van der Waals surface area (Å²) in [5, 5.41) is 17.8. The zero-order valence-electron chi connectivity index (χ0n) is 38.1. The lowest BCUT2D eigenvalue weighted by molar-refractivity contribution is -0.144. The van der Waals surface area contributed by atoms with Crippen LogP contribution in [-0.2, 0) is 43.4 Å². The van der Waals surface area contributed by atoms with Crippen LogP contribution in [0.4, 0.5) is 0 Å². The molecule has 1 saturated heterocycles. The van der Waals surface area contributed by atoms with E-state index in [1.807, 2.05) is 75.4 Å². The maximum atomic E-state index is 14.4. The second-order valence-electron chi connectivity index (χ2n) is 18.7. The van der Waals surface area contributed by atoms with Crippen molar-refractivity contribution < 1.29 is 33.5 Å². The number of likely N-dealkylation sites (tertiary alicyclic amines) is 1. The van der Waals surface area contributed by atoms with E-state index in [0.29, 0.717) is 17.7 Å². The van der Waals surface area contributed by atoms with Gasteiger partial charge in [-0.15, -0.1) is 0 Å². The Hall–Kier alpha value is -5.60. The number of carbonyl (C=O) groups excluding carboxylic acids is 6. The fraction of sp³-hybridized carbons (Fsp3) is 0.520. The lowest BCUT2D eigenvalue weighted by Gasteiger charge is -2.36. The first kappa shape index (κ1) is 47.9. The van der Waals surface area contributed by atoms with E-state index in [1.54, 1.807) is 26.2 Å². The highest BCUT2D eigenvalue weighted by Crippen LogP contribution is 2.32. The summed E-state index contributed by atoms with van der Waals surface area (Å²) in [7, 11) is 3.36. The number of fused-ring (bicyclic) bond motifs is 1. The van der Waals surface area contributed by atoms with Crippen LogP contribution in [0.2, 0.25) is 0 Å². The summed E-state index contributed by atoms with van der Waals surface area (Å²) < 4.78 is 6.07. The van der Waals surface area contributed by atoms with Crippen LogP contribution >= 0.6 is 0 Å². The first-order valence-corrected chi connectivity index (χ1v) is 23.0. The summed E-state index contributed by atoms with van der Waals surface area (Å²) in [6.07, 6.45) is 8.23. The molecule has 1 saturated carbocycles.